The molecule has 2 aliphatic heterocycles. The number of aryl methyl sites for hydroxylation is 1. The highest BCUT2D eigenvalue weighted by molar-refractivity contribution is 5.77. The van der Waals surface area contributed by atoms with Crippen LogP contribution in [0.5, 0.6) is 0 Å². The van der Waals surface area contributed by atoms with Crippen LogP contribution in [0.1, 0.15) is 18.1 Å². The van der Waals surface area contributed by atoms with Crippen molar-refractivity contribution >= 4 is 5.70 Å². The van der Waals surface area contributed by atoms with Gasteiger partial charge in [0.1, 0.15) is 5.82 Å². The number of benzene rings is 1. The first-order valence-corrected chi connectivity index (χ1v) is 7.98. The van der Waals surface area contributed by atoms with Crippen molar-refractivity contribution in [2.45, 2.75) is 19.9 Å². The summed E-state index contributed by atoms with van der Waals surface area (Å²) in [5.41, 5.74) is 4.67. The minimum atomic E-state index is -0.198. The Hall–Kier alpha value is -2.80. The van der Waals surface area contributed by atoms with Crippen molar-refractivity contribution in [3.05, 3.63) is 76.8 Å². The molecule has 0 saturated carbocycles. The summed E-state index contributed by atoms with van der Waals surface area (Å²) in [5, 5.41) is 9.29. The van der Waals surface area contributed by atoms with Gasteiger partial charge in [0.15, 0.2) is 6.19 Å². The van der Waals surface area contributed by atoms with Crippen LogP contribution in [0.15, 0.2) is 59.8 Å². The van der Waals surface area contributed by atoms with Gasteiger partial charge in [-0.2, -0.15) is 5.26 Å². The molecular weight excluding hydrogens is 301 g/mol. The molecule has 2 heterocycles. The highest BCUT2D eigenvalue weighted by Gasteiger charge is 2.21. The summed E-state index contributed by atoms with van der Waals surface area (Å²) in [5.74, 6) is -0.198. The lowest BCUT2D eigenvalue weighted by Crippen LogP contribution is -2.26. The number of nitrogens with zero attached hydrogens (tertiary/aromatic N) is 3. The van der Waals surface area contributed by atoms with Gasteiger partial charge in [-0.05, 0) is 43.2 Å². The van der Waals surface area contributed by atoms with Gasteiger partial charge in [0.05, 0.1) is 11.7 Å². The third-order valence-electron chi connectivity index (χ3n) is 4.43. The maximum absolute atomic E-state index is 13.6. The molecule has 1 atom stereocenters. The van der Waals surface area contributed by atoms with E-state index in [2.05, 4.69) is 23.2 Å². The average Bonchev–Trinajstić information content (AvgIpc) is 2.58. The Kier molecular flexibility index (Phi) is 4.26. The molecule has 4 heteroatoms. The highest BCUT2D eigenvalue weighted by atomic mass is 19.1. The second kappa shape index (κ2) is 6.37. The van der Waals surface area contributed by atoms with Crippen LogP contribution in [0.2, 0.25) is 0 Å². The van der Waals surface area contributed by atoms with Crippen LogP contribution < -0.4 is 0 Å². The monoisotopic (exact) mass is 321 g/mol. The minimum absolute atomic E-state index is 0.0566. The summed E-state index contributed by atoms with van der Waals surface area (Å²) in [4.78, 5) is 3.78. The summed E-state index contributed by atoms with van der Waals surface area (Å²) < 4.78 is 13.6. The van der Waals surface area contributed by atoms with E-state index in [1.54, 1.807) is 11.8 Å². The fourth-order valence-corrected chi connectivity index (χ4v) is 3.03. The Morgan fingerprint density at radius 2 is 2.08 bits per heavy atom. The second-order valence-corrected chi connectivity index (χ2v) is 6.20. The molecule has 1 aromatic rings. The molecule has 0 bridgehead atoms. The van der Waals surface area contributed by atoms with Crippen LogP contribution in [-0.2, 0) is 0 Å². The van der Waals surface area contributed by atoms with Crippen LogP contribution in [0, 0.1) is 24.2 Å². The summed E-state index contributed by atoms with van der Waals surface area (Å²) in [6.45, 7) is 4.55. The Balaban J connectivity index is 2.14. The molecule has 122 valence electrons. The molecule has 0 amide bonds. The molecule has 0 saturated heterocycles. The summed E-state index contributed by atoms with van der Waals surface area (Å²) in [7, 11) is 2.02. The Morgan fingerprint density at radius 3 is 2.79 bits per heavy atom. The van der Waals surface area contributed by atoms with Crippen LogP contribution >= 0.6 is 0 Å². The highest BCUT2D eigenvalue weighted by Crippen LogP contribution is 2.33. The lowest BCUT2D eigenvalue weighted by atomic mass is 9.93. The quantitative estimate of drug-likeness (QED) is 0.772. The second-order valence-electron chi connectivity index (χ2n) is 6.20. The zero-order valence-corrected chi connectivity index (χ0v) is 14.1. The Bertz CT molecular complexity index is 824. The fraction of sp³-hybridized carbons (Fsp3) is 0.250. The smallest absolute Gasteiger partial charge is 0.184 e. The van der Waals surface area contributed by atoms with E-state index in [1.165, 1.54) is 6.07 Å². The van der Waals surface area contributed by atoms with Crippen LogP contribution in [0.3, 0.4) is 0 Å². The van der Waals surface area contributed by atoms with Gasteiger partial charge >= 0.3 is 0 Å². The van der Waals surface area contributed by atoms with Crippen molar-refractivity contribution in [1.82, 2.24) is 9.80 Å². The largest absolute Gasteiger partial charge is 0.370 e. The number of hydrogen-bond donors (Lipinski definition) is 0. The maximum atomic E-state index is 13.6. The summed E-state index contributed by atoms with van der Waals surface area (Å²) in [6, 6.07) is 5.25. The molecule has 0 N–H and O–H groups in total. The first-order chi connectivity index (χ1) is 11.5. The van der Waals surface area contributed by atoms with Gasteiger partial charge in [0.25, 0.3) is 0 Å². The van der Waals surface area contributed by atoms with Gasteiger partial charge in [-0.15, -0.1) is 0 Å². The number of likely N-dealkylation sites (N-methyl/N-ethyl adjacent to an activating group) is 1. The summed E-state index contributed by atoms with van der Waals surface area (Å²) in [6.07, 6.45) is 12.3. The molecule has 0 spiro atoms. The van der Waals surface area contributed by atoms with Gasteiger partial charge in [0.2, 0.25) is 0 Å². The van der Waals surface area contributed by atoms with Crippen molar-refractivity contribution in [2.75, 3.05) is 13.6 Å². The SMILES string of the molecule is Cc1cc(C2=C(C3=CN(C#N)C(C)C=C3)C=CCN2C)ccc1F. The molecule has 0 aliphatic carbocycles. The van der Waals surface area contributed by atoms with E-state index < -0.39 is 0 Å². The molecule has 2 aliphatic rings. The molecule has 3 nitrogen and oxygen atoms in total. The van der Waals surface area contributed by atoms with E-state index in [0.717, 1.165) is 29.0 Å². The Labute approximate surface area is 142 Å². The van der Waals surface area contributed by atoms with Gasteiger partial charge in [-0.3, -0.25) is 4.90 Å². The minimum Gasteiger partial charge on any atom is -0.370 e. The third kappa shape index (κ3) is 2.85. The van der Waals surface area contributed by atoms with Crippen molar-refractivity contribution in [3.63, 3.8) is 0 Å². The predicted molar refractivity (Wildman–Crippen MR) is 94.0 cm³/mol. The normalized spacial score (nSPS) is 20.3. The first-order valence-electron chi connectivity index (χ1n) is 7.98. The lowest BCUT2D eigenvalue weighted by molar-refractivity contribution is 0.460. The third-order valence-corrected chi connectivity index (χ3v) is 4.43. The molecule has 0 radical (unpaired) electrons. The molecule has 3 rings (SSSR count). The molecule has 1 unspecified atom stereocenters. The number of halogens is 1. The predicted octanol–water partition coefficient (Wildman–Crippen LogP) is 3.97. The van der Waals surface area contributed by atoms with E-state index in [4.69, 9.17) is 0 Å². The topological polar surface area (TPSA) is 30.3 Å². The number of allylic oxidation sites excluding steroid dienone is 4. The number of rotatable bonds is 2. The average molecular weight is 321 g/mol. The van der Waals surface area contributed by atoms with Crippen molar-refractivity contribution in [3.8, 4) is 6.19 Å². The van der Waals surface area contributed by atoms with Crippen molar-refractivity contribution < 1.29 is 4.39 Å². The summed E-state index contributed by atoms with van der Waals surface area (Å²) >= 11 is 0. The van der Waals surface area contributed by atoms with Crippen LogP contribution in [0.4, 0.5) is 4.39 Å². The molecule has 24 heavy (non-hydrogen) atoms. The van der Waals surface area contributed by atoms with Crippen molar-refractivity contribution in [2.24, 2.45) is 0 Å². The molecule has 0 fully saturated rings. The van der Waals surface area contributed by atoms with Crippen molar-refractivity contribution in [1.29, 1.82) is 5.26 Å². The first kappa shape index (κ1) is 16.1. The van der Waals surface area contributed by atoms with E-state index in [0.29, 0.717) is 5.56 Å². The van der Waals surface area contributed by atoms with E-state index in [-0.39, 0.29) is 11.9 Å². The molecule has 0 aromatic heterocycles. The van der Waals surface area contributed by atoms with E-state index in [9.17, 15) is 9.65 Å². The molecule has 1 aromatic carbocycles. The van der Waals surface area contributed by atoms with Gasteiger partial charge in [0, 0.05) is 30.9 Å². The van der Waals surface area contributed by atoms with Crippen LogP contribution in [0.25, 0.3) is 5.70 Å². The van der Waals surface area contributed by atoms with E-state index in [1.807, 2.05) is 44.5 Å². The van der Waals surface area contributed by atoms with Crippen LogP contribution in [-0.4, -0.2) is 29.4 Å². The van der Waals surface area contributed by atoms with Gasteiger partial charge in [-0.1, -0.05) is 24.3 Å². The lowest BCUT2D eigenvalue weighted by Gasteiger charge is -2.30. The maximum Gasteiger partial charge on any atom is 0.184 e. The molecular formula is C20H20FN3. The standard InChI is InChI=1S/C20H20FN3/c1-14-11-16(8-9-19(14)21)20-18(5-4-10-23(20)3)17-7-6-15(2)24(12-17)13-22/h4-9,11-12,15H,10H2,1-3H3. The number of nitriles is 1. The zero-order chi connectivity index (χ0) is 17.3. The number of hydrogen-bond acceptors (Lipinski definition) is 3. The zero-order valence-electron chi connectivity index (χ0n) is 14.1. The van der Waals surface area contributed by atoms with Gasteiger partial charge < -0.3 is 4.90 Å². The van der Waals surface area contributed by atoms with Gasteiger partial charge in [-0.25, -0.2) is 4.39 Å². The fourth-order valence-electron chi connectivity index (χ4n) is 3.03. The Morgan fingerprint density at radius 1 is 1.29 bits per heavy atom. The van der Waals surface area contributed by atoms with E-state index >= 15 is 0 Å².